The van der Waals surface area contributed by atoms with Crippen LogP contribution >= 0.6 is 0 Å². The topological polar surface area (TPSA) is 43.8 Å². The smallest absolute Gasteiger partial charge is 0.244 e. The van der Waals surface area contributed by atoms with Crippen molar-refractivity contribution in [3.05, 3.63) is 30.3 Å². The van der Waals surface area contributed by atoms with Crippen LogP contribution in [0.5, 0.6) is 0 Å². The zero-order chi connectivity index (χ0) is 13.7. The fourth-order valence-corrected chi connectivity index (χ4v) is 3.62. The van der Waals surface area contributed by atoms with Crippen LogP contribution in [0, 0.1) is 5.92 Å². The molecule has 2 aliphatic heterocycles. The summed E-state index contributed by atoms with van der Waals surface area (Å²) in [5.41, 5.74) is 0.485. The fourth-order valence-electron chi connectivity index (χ4n) is 3.62. The summed E-state index contributed by atoms with van der Waals surface area (Å²) in [6.45, 7) is 2.14. The monoisotopic (exact) mass is 272 g/mol. The molecule has 0 spiro atoms. The maximum atomic E-state index is 12.5. The van der Waals surface area contributed by atoms with Crippen molar-refractivity contribution in [2.45, 2.75) is 30.9 Å². The average Bonchev–Trinajstić information content (AvgIpc) is 3.21. The largest absolute Gasteiger partial charge is 0.387 e. The Hall–Kier alpha value is -1.39. The highest BCUT2D eigenvalue weighted by atomic mass is 16.3. The highest BCUT2D eigenvalue weighted by molar-refractivity contribution is 5.99. The molecule has 1 aromatic carbocycles. The van der Waals surface area contributed by atoms with Gasteiger partial charge < -0.3 is 10.0 Å². The predicted molar refractivity (Wildman–Crippen MR) is 76.4 cm³/mol. The Morgan fingerprint density at radius 2 is 1.80 bits per heavy atom. The molecule has 0 aromatic heterocycles. The minimum Gasteiger partial charge on any atom is -0.387 e. The molecule has 1 amide bonds. The van der Waals surface area contributed by atoms with Gasteiger partial charge in [0.2, 0.25) is 5.91 Å². The summed E-state index contributed by atoms with van der Waals surface area (Å²) >= 11 is 0. The highest BCUT2D eigenvalue weighted by Gasteiger charge is 2.55. The lowest BCUT2D eigenvalue weighted by Gasteiger charge is -2.49. The second-order valence-electron chi connectivity index (χ2n) is 6.41. The molecule has 20 heavy (non-hydrogen) atoms. The third-order valence-corrected chi connectivity index (χ3v) is 4.98. The molecule has 4 heteroatoms. The molecule has 106 valence electrons. The van der Waals surface area contributed by atoms with Crippen LogP contribution in [0.2, 0.25) is 0 Å². The number of anilines is 1. The van der Waals surface area contributed by atoms with Gasteiger partial charge in [-0.05, 0) is 37.3 Å². The molecule has 1 atom stereocenters. The highest BCUT2D eigenvalue weighted by Crippen LogP contribution is 2.45. The van der Waals surface area contributed by atoms with Crippen molar-refractivity contribution < 1.29 is 9.90 Å². The predicted octanol–water partition coefficient (Wildman–Crippen LogP) is 1.25. The number of β-amino-alcohol motifs (C(OH)–C–C–N with tert-alkyl or cyclic N) is 1. The average molecular weight is 272 g/mol. The minimum absolute atomic E-state index is 0.0331. The number of carbonyl (C=O) groups is 1. The quantitative estimate of drug-likeness (QED) is 0.900. The summed E-state index contributed by atoms with van der Waals surface area (Å²) in [6.07, 6.45) is 3.17. The first-order valence-corrected chi connectivity index (χ1v) is 7.50. The molecule has 0 radical (unpaired) electrons. The molecule has 3 fully saturated rings. The standard InChI is InChI=1S/C16H20N2O2/c19-15-14(17-10-16(20,11-17)12-6-7-12)8-9-18(15)13-4-2-1-3-5-13/h1-5,12,14,20H,6-11H2. The number of likely N-dealkylation sites (tertiary alicyclic amines) is 1. The Balaban J connectivity index is 1.43. The maximum Gasteiger partial charge on any atom is 0.244 e. The Bertz CT molecular complexity index is 521. The molecule has 1 unspecified atom stereocenters. The number of para-hydroxylation sites is 1. The van der Waals surface area contributed by atoms with E-state index in [-0.39, 0.29) is 11.9 Å². The van der Waals surface area contributed by atoms with Crippen LogP contribution in [-0.2, 0) is 4.79 Å². The van der Waals surface area contributed by atoms with Crippen molar-refractivity contribution in [3.8, 4) is 0 Å². The molecule has 1 aliphatic carbocycles. The number of benzene rings is 1. The van der Waals surface area contributed by atoms with Gasteiger partial charge in [-0.15, -0.1) is 0 Å². The summed E-state index contributed by atoms with van der Waals surface area (Å²) in [5.74, 6) is 0.675. The van der Waals surface area contributed by atoms with E-state index in [0.717, 1.165) is 31.5 Å². The van der Waals surface area contributed by atoms with E-state index in [2.05, 4.69) is 4.90 Å². The van der Waals surface area contributed by atoms with E-state index in [1.54, 1.807) is 0 Å². The summed E-state index contributed by atoms with van der Waals surface area (Å²) < 4.78 is 0. The van der Waals surface area contributed by atoms with Crippen molar-refractivity contribution in [1.29, 1.82) is 0 Å². The minimum atomic E-state index is -0.500. The Labute approximate surface area is 119 Å². The van der Waals surface area contributed by atoms with Gasteiger partial charge >= 0.3 is 0 Å². The van der Waals surface area contributed by atoms with Gasteiger partial charge in [-0.3, -0.25) is 9.69 Å². The summed E-state index contributed by atoms with van der Waals surface area (Å²) in [7, 11) is 0. The van der Waals surface area contributed by atoms with Gasteiger partial charge in [0.15, 0.2) is 0 Å². The van der Waals surface area contributed by atoms with Crippen LogP contribution in [0.15, 0.2) is 30.3 Å². The van der Waals surface area contributed by atoms with E-state index >= 15 is 0 Å². The second-order valence-corrected chi connectivity index (χ2v) is 6.41. The third-order valence-electron chi connectivity index (χ3n) is 4.98. The first-order valence-electron chi connectivity index (χ1n) is 7.50. The van der Waals surface area contributed by atoms with Crippen LogP contribution in [0.25, 0.3) is 0 Å². The van der Waals surface area contributed by atoms with Crippen LogP contribution in [-0.4, -0.2) is 47.2 Å². The Morgan fingerprint density at radius 3 is 2.45 bits per heavy atom. The van der Waals surface area contributed by atoms with E-state index < -0.39 is 5.60 Å². The van der Waals surface area contributed by atoms with Gasteiger partial charge in [0.25, 0.3) is 0 Å². The zero-order valence-corrected chi connectivity index (χ0v) is 11.5. The molecule has 4 rings (SSSR count). The van der Waals surface area contributed by atoms with E-state index in [1.165, 1.54) is 0 Å². The van der Waals surface area contributed by atoms with Gasteiger partial charge in [-0.2, -0.15) is 0 Å². The zero-order valence-electron chi connectivity index (χ0n) is 11.5. The first kappa shape index (κ1) is 12.4. The molecule has 4 nitrogen and oxygen atoms in total. The molecular formula is C16H20N2O2. The molecule has 2 saturated heterocycles. The lowest BCUT2D eigenvalue weighted by molar-refractivity contribution is -0.144. The third kappa shape index (κ3) is 1.86. The molecular weight excluding hydrogens is 252 g/mol. The normalized spacial score (nSPS) is 29.6. The molecule has 1 N–H and O–H groups in total. The van der Waals surface area contributed by atoms with Crippen molar-refractivity contribution >= 4 is 11.6 Å². The van der Waals surface area contributed by atoms with E-state index in [0.29, 0.717) is 19.0 Å². The molecule has 2 heterocycles. The van der Waals surface area contributed by atoms with Crippen molar-refractivity contribution in [3.63, 3.8) is 0 Å². The molecule has 0 bridgehead atoms. The number of nitrogens with zero attached hydrogens (tertiary/aromatic N) is 2. The molecule has 1 saturated carbocycles. The second kappa shape index (κ2) is 4.30. The Morgan fingerprint density at radius 1 is 1.10 bits per heavy atom. The van der Waals surface area contributed by atoms with Gasteiger partial charge in [0.05, 0.1) is 11.6 Å². The number of carbonyl (C=O) groups excluding carboxylic acids is 1. The van der Waals surface area contributed by atoms with Gasteiger partial charge in [-0.1, -0.05) is 18.2 Å². The number of hydrogen-bond acceptors (Lipinski definition) is 3. The summed E-state index contributed by atoms with van der Waals surface area (Å²) in [5, 5.41) is 10.4. The maximum absolute atomic E-state index is 12.5. The van der Waals surface area contributed by atoms with Crippen LogP contribution in [0.3, 0.4) is 0 Å². The molecule has 3 aliphatic rings. The number of rotatable bonds is 3. The van der Waals surface area contributed by atoms with Gasteiger partial charge in [0.1, 0.15) is 0 Å². The molecule has 1 aromatic rings. The van der Waals surface area contributed by atoms with Crippen LogP contribution < -0.4 is 4.90 Å². The summed E-state index contributed by atoms with van der Waals surface area (Å²) in [6, 6.07) is 9.83. The van der Waals surface area contributed by atoms with E-state index in [9.17, 15) is 9.90 Å². The Kier molecular flexibility index (Phi) is 2.66. The lowest BCUT2D eigenvalue weighted by Crippen LogP contribution is -2.66. The van der Waals surface area contributed by atoms with Crippen molar-refractivity contribution in [2.24, 2.45) is 5.92 Å². The van der Waals surface area contributed by atoms with E-state index in [4.69, 9.17) is 0 Å². The van der Waals surface area contributed by atoms with Crippen molar-refractivity contribution in [1.82, 2.24) is 4.90 Å². The van der Waals surface area contributed by atoms with Crippen LogP contribution in [0.1, 0.15) is 19.3 Å². The lowest BCUT2D eigenvalue weighted by atomic mass is 9.87. The van der Waals surface area contributed by atoms with Gasteiger partial charge in [0, 0.05) is 25.3 Å². The van der Waals surface area contributed by atoms with Crippen LogP contribution in [0.4, 0.5) is 5.69 Å². The first-order chi connectivity index (χ1) is 9.67. The van der Waals surface area contributed by atoms with Gasteiger partial charge in [-0.25, -0.2) is 0 Å². The fraction of sp³-hybridized carbons (Fsp3) is 0.562. The van der Waals surface area contributed by atoms with E-state index in [1.807, 2.05) is 35.2 Å². The summed E-state index contributed by atoms with van der Waals surface area (Å²) in [4.78, 5) is 16.6. The number of hydrogen-bond donors (Lipinski definition) is 1. The number of amides is 1. The SMILES string of the molecule is O=C1C(N2CC(O)(C3CC3)C2)CCN1c1ccccc1. The number of aliphatic hydroxyl groups is 1. The van der Waals surface area contributed by atoms with Crippen molar-refractivity contribution in [2.75, 3.05) is 24.5 Å².